The van der Waals surface area contributed by atoms with Crippen LogP contribution in [-0.2, 0) is 19.1 Å². The van der Waals surface area contributed by atoms with E-state index in [2.05, 4.69) is 63.7 Å². The van der Waals surface area contributed by atoms with E-state index in [1.807, 2.05) is 13.8 Å². The van der Waals surface area contributed by atoms with Crippen LogP contribution in [0.1, 0.15) is 26.7 Å². The predicted molar refractivity (Wildman–Crippen MR) is 92.8 cm³/mol. The first-order valence-electron chi connectivity index (χ1n) is 5.97. The summed E-state index contributed by atoms with van der Waals surface area (Å²) in [6.07, 6.45) is 1.31. The zero-order chi connectivity index (χ0) is 15.7. The molecule has 116 valence electrons. The highest BCUT2D eigenvalue weighted by Crippen LogP contribution is 2.20. The van der Waals surface area contributed by atoms with Crippen LogP contribution in [0.5, 0.6) is 0 Å². The lowest BCUT2D eigenvalue weighted by molar-refractivity contribution is -0.143. The molecule has 4 nitrogen and oxygen atoms in total. The van der Waals surface area contributed by atoms with Crippen molar-refractivity contribution >= 4 is 75.7 Å². The Kier molecular flexibility index (Phi) is 11.5. The second-order valence-electron chi connectivity index (χ2n) is 3.78. The molecule has 0 aromatic rings. The molecule has 0 radical (unpaired) electrons. The molecule has 0 saturated carbocycles. The van der Waals surface area contributed by atoms with Crippen LogP contribution < -0.4 is 0 Å². The van der Waals surface area contributed by atoms with Crippen molar-refractivity contribution in [2.45, 2.75) is 36.3 Å². The van der Waals surface area contributed by atoms with Gasteiger partial charge in [0.15, 0.2) is 0 Å². The van der Waals surface area contributed by atoms with Crippen molar-refractivity contribution < 1.29 is 19.1 Å². The van der Waals surface area contributed by atoms with Crippen molar-refractivity contribution in [2.24, 2.45) is 0 Å². The number of hydrogen-bond donors (Lipinski definition) is 0. The molecule has 2 unspecified atom stereocenters. The van der Waals surface area contributed by atoms with Crippen molar-refractivity contribution in [3.05, 3.63) is 8.96 Å². The van der Waals surface area contributed by atoms with E-state index < -0.39 is 0 Å². The molecule has 8 heteroatoms. The van der Waals surface area contributed by atoms with Crippen LogP contribution in [0.2, 0.25) is 0 Å². The Hall–Kier alpha value is 0.600. The molecular formula is C12H16Br4O4. The highest BCUT2D eigenvalue weighted by Gasteiger charge is 2.16. The van der Waals surface area contributed by atoms with Crippen molar-refractivity contribution in [2.75, 3.05) is 13.2 Å². The Bertz CT molecular complexity index is 336. The van der Waals surface area contributed by atoms with E-state index in [1.165, 1.54) is 0 Å². The monoisotopic (exact) mass is 540 g/mol. The molecule has 20 heavy (non-hydrogen) atoms. The fraction of sp³-hybridized carbons (Fsp3) is 0.667. The van der Waals surface area contributed by atoms with Gasteiger partial charge >= 0.3 is 11.9 Å². The van der Waals surface area contributed by atoms with Crippen molar-refractivity contribution in [1.82, 2.24) is 0 Å². The summed E-state index contributed by atoms with van der Waals surface area (Å²) in [5, 5.41) is 0. The molecule has 0 bridgehead atoms. The summed E-state index contributed by atoms with van der Waals surface area (Å²) < 4.78 is 11.4. The van der Waals surface area contributed by atoms with E-state index in [0.29, 0.717) is 21.8 Å². The third-order valence-corrected chi connectivity index (χ3v) is 6.19. The number of alkyl halides is 2. The maximum Gasteiger partial charge on any atom is 0.320 e. The third-order valence-electron chi connectivity index (χ3n) is 2.21. The van der Waals surface area contributed by atoms with E-state index in [0.717, 1.165) is 0 Å². The van der Waals surface area contributed by atoms with Gasteiger partial charge in [-0.25, -0.2) is 0 Å². The molecule has 0 aromatic carbocycles. The minimum absolute atomic E-state index is 0.0879. The van der Waals surface area contributed by atoms with E-state index in [-0.39, 0.29) is 34.8 Å². The van der Waals surface area contributed by atoms with Gasteiger partial charge in [-0.3, -0.25) is 9.59 Å². The van der Waals surface area contributed by atoms with Gasteiger partial charge in [-0.15, -0.1) is 0 Å². The van der Waals surface area contributed by atoms with E-state index >= 15 is 0 Å². The van der Waals surface area contributed by atoms with Crippen LogP contribution >= 0.6 is 63.7 Å². The highest BCUT2D eigenvalue weighted by atomic mass is 79.9. The summed E-state index contributed by atoms with van der Waals surface area (Å²) in [6, 6.07) is 0. The minimum Gasteiger partial charge on any atom is -0.459 e. The lowest BCUT2D eigenvalue weighted by Gasteiger charge is -2.11. The molecule has 0 spiro atoms. The van der Waals surface area contributed by atoms with Crippen molar-refractivity contribution in [1.29, 1.82) is 0 Å². The van der Waals surface area contributed by atoms with E-state index in [9.17, 15) is 9.59 Å². The van der Waals surface area contributed by atoms with Crippen LogP contribution in [0.15, 0.2) is 8.96 Å². The van der Waals surface area contributed by atoms with Gasteiger partial charge in [-0.2, -0.15) is 0 Å². The maximum absolute atomic E-state index is 11.5. The molecule has 0 fully saturated rings. The fourth-order valence-corrected chi connectivity index (χ4v) is 1.66. The van der Waals surface area contributed by atoms with Crippen LogP contribution in [0, 0.1) is 0 Å². The molecule has 0 N–H and O–H groups in total. The first-order chi connectivity index (χ1) is 9.33. The summed E-state index contributed by atoms with van der Waals surface area (Å²) in [5.74, 6) is -0.651. The zero-order valence-electron chi connectivity index (χ0n) is 11.1. The summed E-state index contributed by atoms with van der Waals surface area (Å²) in [4.78, 5) is 22.3. The van der Waals surface area contributed by atoms with Gasteiger partial charge in [-0.05, 0) is 12.8 Å². The van der Waals surface area contributed by atoms with Crippen LogP contribution in [0.4, 0.5) is 0 Å². The number of carbonyl (C=O) groups is 2. The number of esters is 2. The molecule has 0 aliphatic rings. The molecule has 0 heterocycles. The van der Waals surface area contributed by atoms with Crippen LogP contribution in [0.25, 0.3) is 0 Å². The zero-order valence-corrected chi connectivity index (χ0v) is 17.5. The van der Waals surface area contributed by atoms with Gasteiger partial charge in [0.25, 0.3) is 0 Å². The van der Waals surface area contributed by atoms with Gasteiger partial charge in [0.2, 0.25) is 0 Å². The summed E-state index contributed by atoms with van der Waals surface area (Å²) in [6.45, 7) is 3.94. The molecule has 0 saturated heterocycles. The number of hydrogen-bond acceptors (Lipinski definition) is 4. The SMILES string of the molecule is CCC(Br)C(=O)OC/C(Br)=C(\Br)COC(=O)C(Br)CC. The number of rotatable bonds is 8. The van der Waals surface area contributed by atoms with Gasteiger partial charge in [0.05, 0.1) is 0 Å². The van der Waals surface area contributed by atoms with Gasteiger partial charge in [0.1, 0.15) is 22.9 Å². The molecule has 0 aromatic heterocycles. The Morgan fingerprint density at radius 1 is 0.850 bits per heavy atom. The first kappa shape index (κ1) is 20.6. The number of halogens is 4. The Balaban J connectivity index is 4.25. The second-order valence-corrected chi connectivity index (χ2v) is 7.90. The van der Waals surface area contributed by atoms with Gasteiger partial charge < -0.3 is 9.47 Å². The van der Waals surface area contributed by atoms with Crippen molar-refractivity contribution in [3.8, 4) is 0 Å². The Labute approximate surface area is 152 Å². The lowest BCUT2D eigenvalue weighted by atomic mass is 10.3. The molecule has 0 rings (SSSR count). The number of carbonyl (C=O) groups excluding carboxylic acids is 2. The quantitative estimate of drug-likeness (QED) is 0.336. The maximum atomic E-state index is 11.5. The summed E-state index contributed by atoms with van der Waals surface area (Å²) in [7, 11) is 0. The predicted octanol–water partition coefficient (Wildman–Crippen LogP) is 4.42. The van der Waals surface area contributed by atoms with Crippen LogP contribution in [0.3, 0.4) is 0 Å². The summed E-state index contributed by atoms with van der Waals surface area (Å²) >= 11 is 13.0. The smallest absolute Gasteiger partial charge is 0.320 e. The average molecular weight is 544 g/mol. The van der Waals surface area contributed by atoms with Crippen LogP contribution in [-0.4, -0.2) is 34.8 Å². The highest BCUT2D eigenvalue weighted by molar-refractivity contribution is 9.14. The topological polar surface area (TPSA) is 52.6 Å². The normalized spacial score (nSPS) is 15.1. The second kappa shape index (κ2) is 11.2. The number of ether oxygens (including phenoxy) is 2. The lowest BCUT2D eigenvalue weighted by Crippen LogP contribution is -2.18. The molecular weight excluding hydrogens is 528 g/mol. The Morgan fingerprint density at radius 2 is 1.15 bits per heavy atom. The molecule has 2 atom stereocenters. The molecule has 0 aliphatic carbocycles. The summed E-state index contributed by atoms with van der Waals surface area (Å²) in [5.41, 5.74) is 0. The van der Waals surface area contributed by atoms with Gasteiger partial charge in [0, 0.05) is 8.96 Å². The first-order valence-corrected chi connectivity index (χ1v) is 9.39. The Morgan fingerprint density at radius 3 is 1.40 bits per heavy atom. The largest absolute Gasteiger partial charge is 0.459 e. The van der Waals surface area contributed by atoms with Crippen molar-refractivity contribution in [3.63, 3.8) is 0 Å². The van der Waals surface area contributed by atoms with E-state index in [4.69, 9.17) is 9.47 Å². The minimum atomic E-state index is -0.326. The standard InChI is InChI=1S/C12H16Br4O4/c1-3-7(13)11(17)19-5-9(15)10(16)6-20-12(18)8(14)4-2/h7-8H,3-6H2,1-2H3/b10-9+. The fourth-order valence-electron chi connectivity index (χ4n) is 0.940. The van der Waals surface area contributed by atoms with E-state index in [1.54, 1.807) is 0 Å². The molecule has 0 aliphatic heterocycles. The van der Waals surface area contributed by atoms with Gasteiger partial charge in [-0.1, -0.05) is 77.6 Å². The third kappa shape index (κ3) is 8.14. The molecule has 0 amide bonds. The average Bonchev–Trinajstić information content (AvgIpc) is 2.47.